The topological polar surface area (TPSA) is 569 Å². The van der Waals surface area contributed by atoms with Gasteiger partial charge in [0.2, 0.25) is 24.6 Å². The summed E-state index contributed by atoms with van der Waals surface area (Å²) >= 11 is 0. The average Bonchev–Trinajstić information content (AvgIpc) is 0.760. The van der Waals surface area contributed by atoms with Crippen molar-refractivity contribution in [3.63, 3.8) is 0 Å². The van der Waals surface area contributed by atoms with Crippen LogP contribution in [0.15, 0.2) is 114 Å². The lowest BCUT2D eigenvalue weighted by Gasteiger charge is -2.45. The average molecular weight is 1420 g/mol. The van der Waals surface area contributed by atoms with Crippen LogP contribution in [0.5, 0.6) is 63.2 Å². The largest absolute Gasteiger partial charge is 0.508 e. The van der Waals surface area contributed by atoms with E-state index in [1.165, 1.54) is 42.5 Å². The number of benzene rings is 5. The first kappa shape index (κ1) is 74.0. The van der Waals surface area contributed by atoms with Gasteiger partial charge in [-0.15, -0.1) is 0 Å². The number of carbonyl (C=O) groups excluding carboxylic acids is 3. The lowest BCUT2D eigenvalue weighted by molar-refractivity contribution is -0.358. The van der Waals surface area contributed by atoms with E-state index >= 15 is 0 Å². The van der Waals surface area contributed by atoms with Gasteiger partial charge in [-0.05, 0) is 83.4 Å². The minimum absolute atomic E-state index is 0.0917. The molecule has 10 rings (SSSR count). The van der Waals surface area contributed by atoms with Gasteiger partial charge in [0, 0.05) is 42.5 Å². The number of aliphatic hydroxyl groups excluding tert-OH is 12. The fourth-order valence-electron chi connectivity index (χ4n) is 10.7. The Labute approximate surface area is 568 Å². The van der Waals surface area contributed by atoms with Crippen LogP contribution in [-0.4, -0.2) is 269 Å². The van der Waals surface area contributed by atoms with Gasteiger partial charge >= 0.3 is 29.3 Å². The minimum atomic E-state index is -2.28. The van der Waals surface area contributed by atoms with Crippen molar-refractivity contribution in [2.24, 2.45) is 0 Å². The number of carbonyl (C=O) groups is 3. The first-order valence-electron chi connectivity index (χ1n) is 30.5. The second-order valence-corrected chi connectivity index (χ2v) is 23.4. The lowest BCUT2D eigenvalue weighted by Crippen LogP contribution is -2.65. The lowest BCUT2D eigenvalue weighted by atomic mass is 9.97. The summed E-state index contributed by atoms with van der Waals surface area (Å²) in [6.45, 7) is -3.35. The summed E-state index contributed by atoms with van der Waals surface area (Å²) in [5.41, 5.74) is 0.176. The first-order chi connectivity index (χ1) is 48.0. The summed E-state index contributed by atoms with van der Waals surface area (Å²) in [5, 5.41) is 213. The fourth-order valence-corrected chi connectivity index (χ4v) is 10.7. The number of aromatic hydroxyl groups is 8. The third-order valence-corrected chi connectivity index (χ3v) is 16.2. The summed E-state index contributed by atoms with van der Waals surface area (Å²) in [6.07, 6.45) is -32.8. The maximum absolute atomic E-state index is 13.4. The van der Waals surface area contributed by atoms with Gasteiger partial charge in [0.15, 0.2) is 46.9 Å². The van der Waals surface area contributed by atoms with E-state index < -0.39 is 219 Å². The van der Waals surface area contributed by atoms with Crippen LogP contribution in [0.25, 0.3) is 40.5 Å². The van der Waals surface area contributed by atoms with Gasteiger partial charge in [0.1, 0.15) is 140 Å². The normalized spacial score (nSPS) is 29.9. The Morgan fingerprint density at radius 2 is 0.822 bits per heavy atom. The Hall–Kier alpha value is -9.74. The van der Waals surface area contributed by atoms with E-state index in [0.717, 1.165) is 85.0 Å². The van der Waals surface area contributed by atoms with E-state index in [0.29, 0.717) is 0 Å². The number of aliphatic hydroxyl groups is 12. The van der Waals surface area contributed by atoms with Crippen LogP contribution in [0.2, 0.25) is 0 Å². The Balaban J connectivity index is 0.884. The molecule has 0 aliphatic carbocycles. The number of fused-ring (bicyclic) bond motifs is 1. The molecule has 4 fully saturated rings. The van der Waals surface area contributed by atoms with E-state index in [4.69, 9.17) is 56.5 Å². The molecule has 20 atom stereocenters. The third-order valence-electron chi connectivity index (χ3n) is 16.2. The highest BCUT2D eigenvalue weighted by molar-refractivity contribution is 5.90. The van der Waals surface area contributed by atoms with Crippen LogP contribution in [0.3, 0.4) is 0 Å². The minimum Gasteiger partial charge on any atom is -0.508 e. The molecule has 0 radical (unpaired) electrons. The second-order valence-electron chi connectivity index (χ2n) is 23.4. The van der Waals surface area contributed by atoms with Crippen molar-refractivity contribution in [1.82, 2.24) is 0 Å². The predicted octanol–water partition coefficient (Wildman–Crippen LogP) is -1.82. The van der Waals surface area contributed by atoms with Gasteiger partial charge < -0.3 is 154 Å². The van der Waals surface area contributed by atoms with Crippen molar-refractivity contribution >= 4 is 47.1 Å². The standard InChI is InChI=1S/C66H68O35/c67-22-43-50(79)54(83)58(87)64(97-43)95-41-20-32(70)19-40-33(41)21-42(61(93-40)29-6-8-35(72)37(74)17-29)96-66-62(101-65-60(89)56(85)52(81)45(99-65)24-90-47(76)10-3-26-1-7-34(71)36(73)15-26)57(86)53(82)46(100-66)25-92-48(77)11-4-27-2-9-39(38(75)16-27)94-63-59(88)55(84)51(80)44(98-63)23-91-49(78)12-5-28-13-30(68)18-31(69)14-28/h1-21,43-46,50-60,62-67,79-89H,22-25H2,(H7-,68,69,70,71,72,73,74,75,76)/p+1/b11-4+,12-5+/t43?,44?,45?,46?,50-,51-,52-,53-,54+,55?,56?,57+,58?,59-,60-,62?,63-,64-,65+,66-/m1/s1. The molecule has 4 aliphatic rings. The summed E-state index contributed by atoms with van der Waals surface area (Å²) in [7, 11) is 0. The molecule has 35 nitrogen and oxygen atoms in total. The summed E-state index contributed by atoms with van der Waals surface area (Å²) in [5.74, 6) is -8.95. The van der Waals surface area contributed by atoms with Gasteiger partial charge in [0.05, 0.1) is 18.2 Å². The Morgan fingerprint density at radius 3 is 1.36 bits per heavy atom. The Bertz CT molecular complexity index is 4010. The molecule has 0 amide bonds. The van der Waals surface area contributed by atoms with Crippen molar-refractivity contribution in [2.45, 2.75) is 123 Å². The van der Waals surface area contributed by atoms with Crippen molar-refractivity contribution in [3.05, 3.63) is 126 Å². The van der Waals surface area contributed by atoms with Gasteiger partial charge in [0.25, 0.3) is 0 Å². The molecule has 0 saturated carbocycles. The molecule has 8 unspecified atom stereocenters. The molecular formula is C66H69O35+. The van der Waals surface area contributed by atoms with E-state index in [-0.39, 0.29) is 50.5 Å². The summed E-state index contributed by atoms with van der Waals surface area (Å²) in [6, 6.07) is 17.1. The zero-order valence-corrected chi connectivity index (χ0v) is 52.1. The maximum atomic E-state index is 13.4. The second kappa shape index (κ2) is 31.9. The molecule has 0 bridgehead atoms. The molecule has 4 saturated heterocycles. The van der Waals surface area contributed by atoms with Crippen molar-refractivity contribution in [2.75, 3.05) is 26.4 Å². The number of rotatable bonds is 22. The van der Waals surface area contributed by atoms with Crippen LogP contribution in [-0.2, 0) is 52.3 Å². The predicted molar refractivity (Wildman–Crippen MR) is 333 cm³/mol. The molecule has 1 aromatic heterocycles. The molecule has 0 spiro atoms. The van der Waals surface area contributed by atoms with Crippen LogP contribution >= 0.6 is 0 Å². The quantitative estimate of drug-likeness (QED) is 0.0117. The van der Waals surface area contributed by atoms with E-state index in [1.54, 1.807) is 0 Å². The highest BCUT2D eigenvalue weighted by atomic mass is 16.8. The summed E-state index contributed by atoms with van der Waals surface area (Å²) in [4.78, 5) is 38.8. The van der Waals surface area contributed by atoms with Gasteiger partial charge in [-0.2, -0.15) is 0 Å². The van der Waals surface area contributed by atoms with Crippen LogP contribution in [0, 0.1) is 0 Å². The molecule has 5 heterocycles. The molecule has 20 N–H and O–H groups in total. The Kier molecular flexibility index (Phi) is 23.3. The first-order valence-corrected chi connectivity index (χ1v) is 30.5. The molecule has 4 aliphatic heterocycles. The van der Waals surface area contributed by atoms with Gasteiger partial charge in [-0.1, -0.05) is 12.1 Å². The van der Waals surface area contributed by atoms with Crippen molar-refractivity contribution < 1.29 is 173 Å². The highest BCUT2D eigenvalue weighted by Crippen LogP contribution is 2.44. The zero-order chi connectivity index (χ0) is 72.8. The van der Waals surface area contributed by atoms with E-state index in [9.17, 15) is 117 Å². The SMILES string of the molecule is O=C(/C=C/c1cc(O)cc(O)c1)OCC1O[C@@H](Oc2ccc(/C=C/C(=O)OCC3O[C@@H](Oc4cc5c(O[C@@H]6OC(CO)[C@@H](O)[C@H](O)C6O)cc(O)cc5[o+]c4-c4ccc(O)c(O)c4)C(O[C@@H]4OC(COC(=O)/C=C/c5ccc(O)c(O)c5)[C@@H](O)C(O)[C@H]4O)[C@@H](O)[C@@H]3O)cc2O)[C@H](O)C(O)[C@@H]1O. The number of hydrogen-bond acceptors (Lipinski definition) is 34. The number of phenols is 8. The highest BCUT2D eigenvalue weighted by Gasteiger charge is 2.53. The third kappa shape index (κ3) is 17.4. The van der Waals surface area contributed by atoms with Gasteiger partial charge in [-0.3, -0.25) is 0 Å². The molecule has 101 heavy (non-hydrogen) atoms. The number of hydrogen-bond donors (Lipinski definition) is 20. The van der Waals surface area contributed by atoms with E-state index in [2.05, 4.69) is 0 Å². The number of ether oxygens (including phenoxy) is 11. The molecule has 5 aromatic carbocycles. The Morgan fingerprint density at radius 1 is 0.386 bits per heavy atom. The van der Waals surface area contributed by atoms with Crippen LogP contribution in [0.1, 0.15) is 16.7 Å². The molecule has 6 aromatic rings. The summed E-state index contributed by atoms with van der Waals surface area (Å²) < 4.78 is 69.1. The number of phenolic OH excluding ortho intramolecular Hbond substituents is 8. The fraction of sp³-hybridized carbons (Fsp3) is 0.364. The van der Waals surface area contributed by atoms with Crippen molar-refractivity contribution in [3.8, 4) is 74.6 Å². The molecule has 542 valence electrons. The monoisotopic (exact) mass is 1420 g/mol. The van der Waals surface area contributed by atoms with E-state index in [1.807, 2.05) is 0 Å². The van der Waals surface area contributed by atoms with Crippen molar-refractivity contribution in [1.29, 1.82) is 0 Å². The molecule has 35 heteroatoms. The van der Waals surface area contributed by atoms with Crippen LogP contribution < -0.4 is 14.2 Å². The molecular weight excluding hydrogens is 1350 g/mol. The van der Waals surface area contributed by atoms with Gasteiger partial charge in [-0.25, -0.2) is 18.8 Å². The van der Waals surface area contributed by atoms with Crippen LogP contribution in [0.4, 0.5) is 0 Å². The maximum Gasteiger partial charge on any atom is 0.402 e. The zero-order valence-electron chi connectivity index (χ0n) is 52.1. The smallest absolute Gasteiger partial charge is 0.402 e. The number of esters is 3.